The van der Waals surface area contributed by atoms with Gasteiger partial charge in [-0.2, -0.15) is 5.10 Å². The molecule has 7 nitrogen and oxygen atoms in total. The van der Waals surface area contributed by atoms with Gasteiger partial charge in [0.15, 0.2) is 11.5 Å². The topological polar surface area (TPSA) is 103 Å². The van der Waals surface area contributed by atoms with Crippen LogP contribution < -0.4 is 20.6 Å². The SMILES string of the molecule is CCOc1cc(C=NNC(N)=O)c(Br)cc1OC(C)=O. The molecule has 1 aromatic rings. The number of nitrogens with one attached hydrogen (secondary N) is 1. The molecular formula is C12H14BrN3O4. The van der Waals surface area contributed by atoms with Crippen LogP contribution >= 0.6 is 15.9 Å². The van der Waals surface area contributed by atoms with E-state index in [0.29, 0.717) is 28.1 Å². The van der Waals surface area contributed by atoms with Gasteiger partial charge in [0.2, 0.25) is 0 Å². The molecule has 108 valence electrons. The monoisotopic (exact) mass is 343 g/mol. The largest absolute Gasteiger partial charge is 0.490 e. The number of hydrazone groups is 1. The van der Waals surface area contributed by atoms with E-state index in [2.05, 4.69) is 26.5 Å². The molecule has 1 aromatic carbocycles. The van der Waals surface area contributed by atoms with E-state index in [1.807, 2.05) is 6.92 Å². The highest BCUT2D eigenvalue weighted by Crippen LogP contribution is 2.33. The van der Waals surface area contributed by atoms with Crippen molar-refractivity contribution in [1.29, 1.82) is 0 Å². The summed E-state index contributed by atoms with van der Waals surface area (Å²) in [5, 5.41) is 3.65. The first kappa shape index (κ1) is 16.0. The number of nitrogens with two attached hydrogens (primary N) is 1. The number of carbonyl (C=O) groups is 2. The molecule has 0 radical (unpaired) electrons. The summed E-state index contributed by atoms with van der Waals surface area (Å²) >= 11 is 3.31. The van der Waals surface area contributed by atoms with Crippen molar-refractivity contribution in [2.75, 3.05) is 6.61 Å². The van der Waals surface area contributed by atoms with E-state index < -0.39 is 12.0 Å². The molecule has 0 saturated heterocycles. The van der Waals surface area contributed by atoms with Gasteiger partial charge < -0.3 is 15.2 Å². The van der Waals surface area contributed by atoms with Crippen LogP contribution in [0.3, 0.4) is 0 Å². The Hall–Kier alpha value is -2.09. The fourth-order valence-electron chi connectivity index (χ4n) is 1.32. The van der Waals surface area contributed by atoms with Crippen molar-refractivity contribution in [3.63, 3.8) is 0 Å². The summed E-state index contributed by atoms with van der Waals surface area (Å²) in [6.45, 7) is 3.52. The molecule has 0 aromatic heterocycles. The lowest BCUT2D eigenvalue weighted by atomic mass is 10.2. The van der Waals surface area contributed by atoms with Crippen molar-refractivity contribution < 1.29 is 19.1 Å². The quantitative estimate of drug-likeness (QED) is 0.368. The van der Waals surface area contributed by atoms with Crippen molar-refractivity contribution in [2.24, 2.45) is 10.8 Å². The van der Waals surface area contributed by atoms with E-state index in [4.69, 9.17) is 15.2 Å². The number of rotatable bonds is 5. The molecule has 1 rings (SSSR count). The fourth-order valence-corrected chi connectivity index (χ4v) is 1.74. The van der Waals surface area contributed by atoms with Crippen molar-refractivity contribution >= 4 is 34.1 Å². The second kappa shape index (κ2) is 7.49. The van der Waals surface area contributed by atoms with Crippen molar-refractivity contribution in [1.82, 2.24) is 5.43 Å². The van der Waals surface area contributed by atoms with Gasteiger partial charge in [-0.05, 0) is 35.0 Å². The number of nitrogens with zero attached hydrogens (tertiary/aromatic N) is 1. The third kappa shape index (κ3) is 4.88. The molecule has 0 aliphatic heterocycles. The second-order valence-corrected chi connectivity index (χ2v) is 4.44. The van der Waals surface area contributed by atoms with Crippen molar-refractivity contribution in [2.45, 2.75) is 13.8 Å². The second-order valence-electron chi connectivity index (χ2n) is 3.58. The number of amides is 2. The van der Waals surface area contributed by atoms with Gasteiger partial charge in [-0.1, -0.05) is 0 Å². The molecule has 0 spiro atoms. The minimum atomic E-state index is -0.765. The third-order valence-corrected chi connectivity index (χ3v) is 2.68. The summed E-state index contributed by atoms with van der Waals surface area (Å²) in [5.74, 6) is 0.243. The number of benzene rings is 1. The average molecular weight is 344 g/mol. The van der Waals surface area contributed by atoms with Gasteiger partial charge in [-0.25, -0.2) is 10.2 Å². The smallest absolute Gasteiger partial charge is 0.332 e. The molecule has 0 unspecified atom stereocenters. The van der Waals surface area contributed by atoms with E-state index in [9.17, 15) is 9.59 Å². The molecule has 0 bridgehead atoms. The minimum absolute atomic E-state index is 0.297. The van der Waals surface area contributed by atoms with E-state index in [1.165, 1.54) is 13.1 Å². The lowest BCUT2D eigenvalue weighted by molar-refractivity contribution is -0.132. The van der Waals surface area contributed by atoms with Gasteiger partial charge in [0, 0.05) is 17.0 Å². The molecule has 0 fully saturated rings. The Morgan fingerprint density at radius 3 is 2.70 bits per heavy atom. The van der Waals surface area contributed by atoms with Crippen molar-refractivity contribution in [3.8, 4) is 11.5 Å². The first-order chi connectivity index (χ1) is 9.43. The van der Waals surface area contributed by atoms with E-state index >= 15 is 0 Å². The number of esters is 1. The molecule has 0 saturated carbocycles. The normalized spacial score (nSPS) is 10.3. The Labute approximate surface area is 124 Å². The Morgan fingerprint density at radius 2 is 2.15 bits per heavy atom. The summed E-state index contributed by atoms with van der Waals surface area (Å²) in [7, 11) is 0. The molecule has 8 heteroatoms. The van der Waals surface area contributed by atoms with Gasteiger partial charge in [0.05, 0.1) is 12.8 Å². The molecule has 0 aliphatic rings. The van der Waals surface area contributed by atoms with Gasteiger partial charge >= 0.3 is 12.0 Å². The maximum absolute atomic E-state index is 11.0. The third-order valence-electron chi connectivity index (χ3n) is 1.99. The molecule has 0 aliphatic carbocycles. The first-order valence-corrected chi connectivity index (χ1v) is 6.46. The zero-order chi connectivity index (χ0) is 15.1. The maximum Gasteiger partial charge on any atom is 0.332 e. The number of urea groups is 1. The highest BCUT2D eigenvalue weighted by atomic mass is 79.9. The number of primary amides is 1. The van der Waals surface area contributed by atoms with Gasteiger partial charge in [0.1, 0.15) is 0 Å². The standard InChI is InChI=1S/C12H14BrN3O4/c1-3-19-10-4-8(6-15-16-12(14)18)9(13)5-11(10)20-7(2)17/h4-6H,3H2,1-2H3,(H3,14,16,18). The van der Waals surface area contributed by atoms with E-state index in [-0.39, 0.29) is 0 Å². The van der Waals surface area contributed by atoms with Crippen LogP contribution in [0.25, 0.3) is 0 Å². The van der Waals surface area contributed by atoms with E-state index in [1.54, 1.807) is 12.1 Å². The molecule has 20 heavy (non-hydrogen) atoms. The molecule has 3 N–H and O–H groups in total. The van der Waals surface area contributed by atoms with Crippen LogP contribution in [-0.2, 0) is 4.79 Å². The Kier molecular flexibility index (Phi) is 5.98. The van der Waals surface area contributed by atoms with Gasteiger partial charge in [-0.3, -0.25) is 4.79 Å². The number of halogens is 1. The molecule has 0 heterocycles. The Balaban J connectivity index is 3.08. The Bertz CT molecular complexity index is 546. The predicted octanol–water partition coefficient (Wildman–Crippen LogP) is 1.78. The van der Waals surface area contributed by atoms with Crippen LogP contribution in [0.5, 0.6) is 11.5 Å². The zero-order valence-corrected chi connectivity index (χ0v) is 12.6. The van der Waals surface area contributed by atoms with E-state index in [0.717, 1.165) is 0 Å². The van der Waals surface area contributed by atoms with Crippen LogP contribution in [0.4, 0.5) is 4.79 Å². The summed E-state index contributed by atoms with van der Waals surface area (Å²) in [4.78, 5) is 21.6. The van der Waals surface area contributed by atoms with Crippen LogP contribution in [-0.4, -0.2) is 24.8 Å². The fraction of sp³-hybridized carbons (Fsp3) is 0.250. The zero-order valence-electron chi connectivity index (χ0n) is 11.0. The maximum atomic E-state index is 11.0. The minimum Gasteiger partial charge on any atom is -0.490 e. The average Bonchev–Trinajstić information content (AvgIpc) is 2.33. The molecular weight excluding hydrogens is 330 g/mol. The van der Waals surface area contributed by atoms with Crippen molar-refractivity contribution in [3.05, 3.63) is 22.2 Å². The highest BCUT2D eigenvalue weighted by molar-refractivity contribution is 9.10. The number of carbonyl (C=O) groups excluding carboxylic acids is 2. The van der Waals surface area contributed by atoms with Crippen LogP contribution in [0, 0.1) is 0 Å². The number of hydrogen-bond acceptors (Lipinski definition) is 5. The molecule has 0 atom stereocenters. The Morgan fingerprint density at radius 1 is 1.45 bits per heavy atom. The number of ether oxygens (including phenoxy) is 2. The van der Waals surface area contributed by atoms with Gasteiger partial charge in [0.25, 0.3) is 0 Å². The first-order valence-electron chi connectivity index (χ1n) is 5.67. The summed E-state index contributed by atoms with van der Waals surface area (Å²) < 4.78 is 11.1. The van der Waals surface area contributed by atoms with Crippen LogP contribution in [0.15, 0.2) is 21.7 Å². The number of hydrogen-bond donors (Lipinski definition) is 2. The highest BCUT2D eigenvalue weighted by Gasteiger charge is 2.11. The summed E-state index contributed by atoms with van der Waals surface area (Å²) in [5.41, 5.74) is 7.60. The molecule has 2 amide bonds. The predicted molar refractivity (Wildman–Crippen MR) is 76.9 cm³/mol. The van der Waals surface area contributed by atoms with Crippen LogP contribution in [0.1, 0.15) is 19.4 Å². The lowest BCUT2D eigenvalue weighted by Gasteiger charge is -2.11. The lowest BCUT2D eigenvalue weighted by Crippen LogP contribution is -2.24. The van der Waals surface area contributed by atoms with Gasteiger partial charge in [-0.15, -0.1) is 0 Å². The van der Waals surface area contributed by atoms with Crippen LogP contribution in [0.2, 0.25) is 0 Å². The summed E-state index contributed by atoms with van der Waals surface area (Å²) in [6.07, 6.45) is 1.38. The summed E-state index contributed by atoms with van der Waals surface area (Å²) in [6, 6.07) is 2.44.